The molecule has 4 rings (SSSR count). The molecule has 1 heteroatoms. The monoisotopic (exact) mass is 290 g/mol. The van der Waals surface area contributed by atoms with E-state index in [1.54, 1.807) is 0 Å². The van der Waals surface area contributed by atoms with Crippen LogP contribution in [0.4, 0.5) is 0 Å². The van der Waals surface area contributed by atoms with Gasteiger partial charge in [-0.1, -0.05) is 33.6 Å². The maximum Gasteiger partial charge on any atom is 0.0576 e. The zero-order chi connectivity index (χ0) is 14.8. The average Bonchev–Trinajstić information content (AvgIpc) is 2.83. The summed E-state index contributed by atoms with van der Waals surface area (Å²) in [7, 11) is 0. The first-order chi connectivity index (χ1) is 9.94. The number of aliphatic hydroxyl groups excluding tert-OH is 1. The quantitative estimate of drug-likeness (QED) is 0.663. The van der Waals surface area contributed by atoms with Gasteiger partial charge in [-0.05, 0) is 85.4 Å². The average molecular weight is 290 g/mol. The molecule has 0 aliphatic heterocycles. The van der Waals surface area contributed by atoms with Crippen molar-refractivity contribution in [1.82, 2.24) is 0 Å². The standard InChI is InChI=1S/C20H34O/c1-13-6-10-20(3)16-7-9-19(2)8-4-5-15(19)14(16)12-18(21)17(20)11-13/h13-18,21H,4-12H2,1-3H3. The minimum atomic E-state index is -0.0121. The Hall–Kier alpha value is -0.0400. The van der Waals surface area contributed by atoms with Crippen molar-refractivity contribution in [1.29, 1.82) is 0 Å². The zero-order valence-electron chi connectivity index (χ0n) is 14.3. The summed E-state index contributed by atoms with van der Waals surface area (Å²) >= 11 is 0. The second-order valence-corrected chi connectivity index (χ2v) is 9.76. The number of rotatable bonds is 0. The van der Waals surface area contributed by atoms with Crippen LogP contribution in [0.5, 0.6) is 0 Å². The van der Waals surface area contributed by atoms with Crippen LogP contribution in [0, 0.1) is 40.4 Å². The molecule has 0 heterocycles. The molecule has 0 aromatic rings. The summed E-state index contributed by atoms with van der Waals surface area (Å²) in [5.74, 6) is 4.08. The summed E-state index contributed by atoms with van der Waals surface area (Å²) in [6, 6.07) is 0. The van der Waals surface area contributed by atoms with Crippen molar-refractivity contribution < 1.29 is 5.11 Å². The molecule has 4 aliphatic rings. The highest BCUT2D eigenvalue weighted by atomic mass is 16.3. The van der Waals surface area contributed by atoms with Crippen LogP contribution in [0.1, 0.15) is 78.6 Å². The summed E-state index contributed by atoms with van der Waals surface area (Å²) in [6.45, 7) is 7.51. The van der Waals surface area contributed by atoms with Crippen molar-refractivity contribution in [2.45, 2.75) is 84.7 Å². The van der Waals surface area contributed by atoms with Gasteiger partial charge in [0, 0.05) is 0 Å². The molecule has 4 aliphatic carbocycles. The van der Waals surface area contributed by atoms with E-state index < -0.39 is 0 Å². The van der Waals surface area contributed by atoms with E-state index in [4.69, 9.17) is 0 Å². The van der Waals surface area contributed by atoms with Crippen LogP contribution in [-0.2, 0) is 0 Å². The predicted molar refractivity (Wildman–Crippen MR) is 86.9 cm³/mol. The predicted octanol–water partition coefficient (Wildman–Crippen LogP) is 5.03. The van der Waals surface area contributed by atoms with Crippen LogP contribution in [0.15, 0.2) is 0 Å². The highest BCUT2D eigenvalue weighted by Crippen LogP contribution is 2.66. The van der Waals surface area contributed by atoms with Crippen LogP contribution in [0.25, 0.3) is 0 Å². The minimum Gasteiger partial charge on any atom is -0.393 e. The molecular weight excluding hydrogens is 256 g/mol. The Bertz CT molecular complexity index is 418. The first kappa shape index (κ1) is 14.5. The Balaban J connectivity index is 1.66. The van der Waals surface area contributed by atoms with Crippen LogP contribution in [0.2, 0.25) is 0 Å². The number of hydrogen-bond acceptors (Lipinski definition) is 1. The summed E-state index contributed by atoms with van der Waals surface area (Å²) in [5, 5.41) is 10.9. The van der Waals surface area contributed by atoms with Gasteiger partial charge in [-0.25, -0.2) is 0 Å². The summed E-state index contributed by atoms with van der Waals surface area (Å²) < 4.78 is 0. The van der Waals surface area contributed by atoms with Gasteiger partial charge in [-0.2, -0.15) is 0 Å². The second kappa shape index (κ2) is 4.73. The van der Waals surface area contributed by atoms with Gasteiger partial charge < -0.3 is 5.11 Å². The van der Waals surface area contributed by atoms with E-state index in [2.05, 4.69) is 20.8 Å². The third-order valence-corrected chi connectivity index (χ3v) is 8.72. The van der Waals surface area contributed by atoms with Crippen LogP contribution < -0.4 is 0 Å². The van der Waals surface area contributed by atoms with Gasteiger partial charge in [0.05, 0.1) is 6.10 Å². The van der Waals surface area contributed by atoms with Gasteiger partial charge in [-0.3, -0.25) is 0 Å². The van der Waals surface area contributed by atoms with Crippen molar-refractivity contribution in [3.05, 3.63) is 0 Å². The highest BCUT2D eigenvalue weighted by Gasteiger charge is 2.59. The Labute approximate surface area is 130 Å². The maximum atomic E-state index is 10.9. The molecule has 0 bridgehead atoms. The highest BCUT2D eigenvalue weighted by molar-refractivity contribution is 5.09. The molecule has 4 fully saturated rings. The summed E-state index contributed by atoms with van der Waals surface area (Å²) in [5.41, 5.74) is 1.06. The fourth-order valence-electron chi connectivity index (χ4n) is 7.49. The number of fused-ring (bicyclic) bond motifs is 5. The van der Waals surface area contributed by atoms with E-state index in [-0.39, 0.29) is 6.10 Å². The lowest BCUT2D eigenvalue weighted by atomic mass is 9.44. The third kappa shape index (κ3) is 1.98. The first-order valence-corrected chi connectivity index (χ1v) is 9.62. The van der Waals surface area contributed by atoms with Gasteiger partial charge in [0.25, 0.3) is 0 Å². The Morgan fingerprint density at radius 1 is 0.857 bits per heavy atom. The first-order valence-electron chi connectivity index (χ1n) is 9.62. The Kier molecular flexibility index (Phi) is 3.27. The minimum absolute atomic E-state index is 0.0121. The molecule has 0 aromatic carbocycles. The van der Waals surface area contributed by atoms with E-state index >= 15 is 0 Å². The number of hydrogen-bond donors (Lipinski definition) is 1. The van der Waals surface area contributed by atoms with E-state index in [0.29, 0.717) is 16.7 Å². The number of aliphatic hydroxyl groups is 1. The Morgan fingerprint density at radius 2 is 1.67 bits per heavy atom. The normalized spacial score (nSPS) is 60.0. The molecule has 0 aromatic heterocycles. The lowest BCUT2D eigenvalue weighted by molar-refractivity contribution is -0.159. The molecule has 21 heavy (non-hydrogen) atoms. The van der Waals surface area contributed by atoms with Gasteiger partial charge in [-0.15, -0.1) is 0 Å². The van der Waals surface area contributed by atoms with Gasteiger partial charge in [0.2, 0.25) is 0 Å². The van der Waals surface area contributed by atoms with Gasteiger partial charge >= 0.3 is 0 Å². The molecule has 1 N–H and O–H groups in total. The van der Waals surface area contributed by atoms with Crippen molar-refractivity contribution in [2.24, 2.45) is 40.4 Å². The largest absolute Gasteiger partial charge is 0.393 e. The summed E-state index contributed by atoms with van der Waals surface area (Å²) in [6.07, 6.45) is 12.4. The zero-order valence-corrected chi connectivity index (χ0v) is 14.3. The van der Waals surface area contributed by atoms with Crippen LogP contribution >= 0.6 is 0 Å². The lowest BCUT2D eigenvalue weighted by Crippen LogP contribution is -2.57. The molecule has 4 saturated carbocycles. The van der Waals surface area contributed by atoms with Crippen molar-refractivity contribution in [2.75, 3.05) is 0 Å². The van der Waals surface area contributed by atoms with Crippen LogP contribution in [0.3, 0.4) is 0 Å². The van der Waals surface area contributed by atoms with Crippen molar-refractivity contribution in [3.63, 3.8) is 0 Å². The van der Waals surface area contributed by atoms with E-state index in [1.165, 1.54) is 51.4 Å². The maximum absolute atomic E-state index is 10.9. The molecule has 0 radical (unpaired) electrons. The molecule has 0 saturated heterocycles. The molecule has 8 unspecified atom stereocenters. The smallest absolute Gasteiger partial charge is 0.0576 e. The SMILES string of the molecule is CC1CCC2(C)C(C1)C(O)CC1C3CCCC3(C)CCC12. The van der Waals surface area contributed by atoms with E-state index in [0.717, 1.165) is 30.1 Å². The molecular formula is C20H34O. The topological polar surface area (TPSA) is 20.2 Å². The van der Waals surface area contributed by atoms with Gasteiger partial charge in [0.15, 0.2) is 0 Å². The molecule has 8 atom stereocenters. The Morgan fingerprint density at radius 3 is 2.48 bits per heavy atom. The van der Waals surface area contributed by atoms with Crippen LogP contribution in [-0.4, -0.2) is 11.2 Å². The molecule has 0 amide bonds. The fourth-order valence-corrected chi connectivity index (χ4v) is 7.49. The van der Waals surface area contributed by atoms with Crippen molar-refractivity contribution in [3.8, 4) is 0 Å². The van der Waals surface area contributed by atoms with Gasteiger partial charge in [0.1, 0.15) is 0 Å². The molecule has 120 valence electrons. The summed E-state index contributed by atoms with van der Waals surface area (Å²) in [4.78, 5) is 0. The lowest BCUT2D eigenvalue weighted by Gasteiger charge is -2.61. The van der Waals surface area contributed by atoms with E-state index in [1.807, 2.05) is 0 Å². The van der Waals surface area contributed by atoms with Crippen molar-refractivity contribution >= 4 is 0 Å². The van der Waals surface area contributed by atoms with E-state index in [9.17, 15) is 5.11 Å². The molecule has 1 nitrogen and oxygen atoms in total. The fraction of sp³-hybridized carbons (Fsp3) is 1.00. The third-order valence-electron chi connectivity index (χ3n) is 8.72. The molecule has 0 spiro atoms. The second-order valence-electron chi connectivity index (χ2n) is 9.76.